The molecule has 1 saturated heterocycles. The van der Waals surface area contributed by atoms with Crippen LogP contribution in [0.1, 0.15) is 16.8 Å². The highest BCUT2D eigenvalue weighted by Crippen LogP contribution is 2.17. The second kappa shape index (κ2) is 4.75. The number of rotatable bonds is 2. The molecule has 6 heteroatoms. The summed E-state index contributed by atoms with van der Waals surface area (Å²) in [6, 6.07) is 1.18. The molecule has 1 amide bonds. The summed E-state index contributed by atoms with van der Waals surface area (Å²) in [4.78, 5) is 16.5. The molecule has 0 bridgehead atoms. The standard InChI is InChI=1S/C11H12F2N2O2/c1-17-7-3-5-15(6-7)11(16)8-2-4-14-10(13)9(8)12/h2,4,7H,3,5-6H2,1H3. The number of amides is 1. The lowest BCUT2D eigenvalue weighted by Crippen LogP contribution is -2.30. The second-order valence-electron chi connectivity index (χ2n) is 3.86. The Bertz CT molecular complexity index is 439. The van der Waals surface area contributed by atoms with Crippen molar-refractivity contribution < 1.29 is 18.3 Å². The third kappa shape index (κ3) is 2.26. The molecule has 92 valence electrons. The Labute approximate surface area is 97.2 Å². The van der Waals surface area contributed by atoms with Crippen LogP contribution in [0.3, 0.4) is 0 Å². The highest BCUT2D eigenvalue weighted by molar-refractivity contribution is 5.94. The van der Waals surface area contributed by atoms with E-state index in [0.717, 1.165) is 6.20 Å². The molecule has 1 aromatic rings. The Morgan fingerprint density at radius 1 is 1.59 bits per heavy atom. The van der Waals surface area contributed by atoms with E-state index in [2.05, 4.69) is 4.98 Å². The fourth-order valence-corrected chi connectivity index (χ4v) is 1.86. The molecule has 1 aliphatic rings. The molecular weight excluding hydrogens is 230 g/mol. The minimum Gasteiger partial charge on any atom is -0.380 e. The van der Waals surface area contributed by atoms with Crippen LogP contribution >= 0.6 is 0 Å². The topological polar surface area (TPSA) is 42.4 Å². The van der Waals surface area contributed by atoms with Gasteiger partial charge in [-0.25, -0.2) is 9.37 Å². The van der Waals surface area contributed by atoms with Gasteiger partial charge in [0.15, 0.2) is 5.82 Å². The lowest BCUT2D eigenvalue weighted by atomic mass is 10.2. The molecule has 0 spiro atoms. The summed E-state index contributed by atoms with van der Waals surface area (Å²) in [6.45, 7) is 0.888. The van der Waals surface area contributed by atoms with E-state index in [9.17, 15) is 13.6 Å². The molecule has 1 aromatic heterocycles. The third-order valence-electron chi connectivity index (χ3n) is 2.84. The molecule has 1 unspecified atom stereocenters. The van der Waals surface area contributed by atoms with Crippen molar-refractivity contribution in [1.29, 1.82) is 0 Å². The van der Waals surface area contributed by atoms with E-state index < -0.39 is 17.7 Å². The number of halogens is 2. The minimum absolute atomic E-state index is 0.0336. The molecule has 0 aliphatic carbocycles. The van der Waals surface area contributed by atoms with Gasteiger partial charge in [-0.05, 0) is 12.5 Å². The number of hydrogen-bond donors (Lipinski definition) is 0. The highest BCUT2D eigenvalue weighted by atomic mass is 19.2. The molecule has 1 fully saturated rings. The Morgan fingerprint density at radius 3 is 3.00 bits per heavy atom. The summed E-state index contributed by atoms with van der Waals surface area (Å²) in [5.74, 6) is -2.97. The van der Waals surface area contributed by atoms with Crippen LogP contribution in [-0.4, -0.2) is 42.1 Å². The van der Waals surface area contributed by atoms with Crippen molar-refractivity contribution in [2.45, 2.75) is 12.5 Å². The monoisotopic (exact) mass is 242 g/mol. The maximum Gasteiger partial charge on any atom is 0.257 e. The maximum atomic E-state index is 13.4. The summed E-state index contributed by atoms with van der Waals surface area (Å²) in [6.07, 6.45) is 1.75. The molecule has 17 heavy (non-hydrogen) atoms. The van der Waals surface area contributed by atoms with E-state index in [4.69, 9.17) is 4.74 Å². The number of nitrogens with zero attached hydrogens (tertiary/aromatic N) is 2. The van der Waals surface area contributed by atoms with Gasteiger partial charge in [0.05, 0.1) is 11.7 Å². The highest BCUT2D eigenvalue weighted by Gasteiger charge is 2.29. The lowest BCUT2D eigenvalue weighted by Gasteiger charge is -2.16. The van der Waals surface area contributed by atoms with Crippen molar-refractivity contribution in [3.05, 3.63) is 29.6 Å². The largest absolute Gasteiger partial charge is 0.380 e. The van der Waals surface area contributed by atoms with Crippen molar-refractivity contribution in [2.75, 3.05) is 20.2 Å². The first kappa shape index (κ1) is 11.9. The van der Waals surface area contributed by atoms with Crippen LogP contribution in [0.25, 0.3) is 0 Å². The lowest BCUT2D eigenvalue weighted by molar-refractivity contribution is 0.0718. The summed E-state index contributed by atoms with van der Waals surface area (Å²) in [7, 11) is 1.56. The van der Waals surface area contributed by atoms with Crippen LogP contribution in [0.2, 0.25) is 0 Å². The zero-order valence-electron chi connectivity index (χ0n) is 9.32. The SMILES string of the molecule is COC1CCN(C(=O)c2ccnc(F)c2F)C1. The van der Waals surface area contributed by atoms with Crippen LogP contribution in [0.15, 0.2) is 12.3 Å². The molecule has 1 aliphatic heterocycles. The van der Waals surface area contributed by atoms with Gasteiger partial charge in [-0.3, -0.25) is 4.79 Å². The van der Waals surface area contributed by atoms with Crippen LogP contribution in [0.5, 0.6) is 0 Å². The zero-order valence-corrected chi connectivity index (χ0v) is 9.32. The van der Waals surface area contributed by atoms with Crippen LogP contribution in [0, 0.1) is 11.8 Å². The minimum atomic E-state index is -1.25. The second-order valence-corrected chi connectivity index (χ2v) is 3.86. The number of carbonyl (C=O) groups is 1. The summed E-state index contributed by atoms with van der Waals surface area (Å²) in [5.41, 5.74) is -0.283. The predicted octanol–water partition coefficient (Wildman–Crippen LogP) is 1.22. The third-order valence-corrected chi connectivity index (χ3v) is 2.84. The average molecular weight is 242 g/mol. The molecule has 4 nitrogen and oxygen atoms in total. The van der Waals surface area contributed by atoms with Crippen molar-refractivity contribution in [3.63, 3.8) is 0 Å². The van der Waals surface area contributed by atoms with Crippen LogP contribution in [-0.2, 0) is 4.74 Å². The molecule has 0 N–H and O–H groups in total. The molecule has 0 aromatic carbocycles. The number of ether oxygens (including phenoxy) is 1. The van der Waals surface area contributed by atoms with Crippen LogP contribution in [0.4, 0.5) is 8.78 Å². The van der Waals surface area contributed by atoms with Gasteiger partial charge in [0.25, 0.3) is 5.91 Å². The van der Waals surface area contributed by atoms with E-state index in [1.807, 2.05) is 0 Å². The maximum absolute atomic E-state index is 13.4. The Kier molecular flexibility index (Phi) is 3.33. The number of methoxy groups -OCH3 is 1. The molecule has 2 heterocycles. The number of carbonyl (C=O) groups excluding carboxylic acids is 1. The number of hydrogen-bond acceptors (Lipinski definition) is 3. The Morgan fingerprint density at radius 2 is 2.35 bits per heavy atom. The van der Waals surface area contributed by atoms with E-state index in [0.29, 0.717) is 19.5 Å². The first-order chi connectivity index (χ1) is 8.13. The fourth-order valence-electron chi connectivity index (χ4n) is 1.86. The normalized spacial score (nSPS) is 19.7. The van der Waals surface area contributed by atoms with E-state index in [1.54, 1.807) is 7.11 Å². The molecule has 1 atom stereocenters. The predicted molar refractivity (Wildman–Crippen MR) is 55.5 cm³/mol. The van der Waals surface area contributed by atoms with Gasteiger partial charge in [0.2, 0.25) is 5.95 Å². The smallest absolute Gasteiger partial charge is 0.257 e. The van der Waals surface area contributed by atoms with Gasteiger partial charge in [-0.15, -0.1) is 0 Å². The van der Waals surface area contributed by atoms with Crippen molar-refractivity contribution >= 4 is 5.91 Å². The van der Waals surface area contributed by atoms with Crippen molar-refractivity contribution in [2.24, 2.45) is 0 Å². The average Bonchev–Trinajstić information content (AvgIpc) is 2.80. The van der Waals surface area contributed by atoms with Gasteiger partial charge < -0.3 is 9.64 Å². The first-order valence-corrected chi connectivity index (χ1v) is 5.25. The van der Waals surface area contributed by atoms with Gasteiger partial charge in [-0.2, -0.15) is 4.39 Å². The van der Waals surface area contributed by atoms with Gasteiger partial charge in [0, 0.05) is 26.4 Å². The zero-order chi connectivity index (χ0) is 12.4. The number of pyridine rings is 1. The fraction of sp³-hybridized carbons (Fsp3) is 0.455. The number of likely N-dealkylation sites (tertiary alicyclic amines) is 1. The quantitative estimate of drug-likeness (QED) is 0.732. The van der Waals surface area contributed by atoms with Gasteiger partial charge in [0.1, 0.15) is 0 Å². The Hall–Kier alpha value is -1.56. The molecular formula is C11H12F2N2O2. The van der Waals surface area contributed by atoms with E-state index in [-0.39, 0.29) is 11.7 Å². The summed E-state index contributed by atoms with van der Waals surface area (Å²) >= 11 is 0. The molecule has 0 saturated carbocycles. The molecule has 0 radical (unpaired) electrons. The molecule has 2 rings (SSSR count). The van der Waals surface area contributed by atoms with Crippen molar-refractivity contribution in [1.82, 2.24) is 9.88 Å². The summed E-state index contributed by atoms with van der Waals surface area (Å²) in [5, 5.41) is 0. The van der Waals surface area contributed by atoms with Crippen LogP contribution < -0.4 is 0 Å². The van der Waals surface area contributed by atoms with E-state index >= 15 is 0 Å². The summed E-state index contributed by atoms with van der Waals surface area (Å²) < 4.78 is 31.4. The van der Waals surface area contributed by atoms with E-state index in [1.165, 1.54) is 11.0 Å². The van der Waals surface area contributed by atoms with Gasteiger partial charge in [-0.1, -0.05) is 0 Å². The Balaban J connectivity index is 2.18. The van der Waals surface area contributed by atoms with Crippen molar-refractivity contribution in [3.8, 4) is 0 Å². The first-order valence-electron chi connectivity index (χ1n) is 5.25. The van der Waals surface area contributed by atoms with Gasteiger partial charge >= 0.3 is 0 Å². The number of aromatic nitrogens is 1.